The van der Waals surface area contributed by atoms with Gasteiger partial charge in [-0.25, -0.2) is 10.2 Å². The van der Waals surface area contributed by atoms with Crippen LogP contribution in [0.1, 0.15) is 13.8 Å². The van der Waals surface area contributed by atoms with Crippen LogP contribution in [0.25, 0.3) is 0 Å². The van der Waals surface area contributed by atoms with Crippen LogP contribution in [0.4, 0.5) is 4.39 Å². The largest absolute Gasteiger partial charge is 0.294 e. The maximum absolute atomic E-state index is 13.3. The molecule has 3 nitrogen and oxygen atoms in total. The molecule has 1 aromatic carbocycles. The Bertz CT molecular complexity index is 382. The molecule has 1 amide bonds. The standard InChI is InChI=1S/C11H15FN2OS/c1-11(2,10(15)14-13)7-16-9-6-4-3-5-8(9)12/h3-6H,7,13H2,1-2H3,(H,14,15). The summed E-state index contributed by atoms with van der Waals surface area (Å²) in [4.78, 5) is 11.9. The Labute approximate surface area is 98.6 Å². The quantitative estimate of drug-likeness (QED) is 0.367. The topological polar surface area (TPSA) is 55.1 Å². The third kappa shape index (κ3) is 3.21. The SMILES string of the molecule is CC(C)(CSc1ccccc1F)C(=O)NN. The first-order chi connectivity index (χ1) is 7.47. The number of carbonyl (C=O) groups excluding carboxylic acids is 1. The molecule has 88 valence electrons. The van der Waals surface area contributed by atoms with Crippen LogP contribution >= 0.6 is 11.8 Å². The van der Waals surface area contributed by atoms with Gasteiger partial charge in [0.1, 0.15) is 5.82 Å². The summed E-state index contributed by atoms with van der Waals surface area (Å²) < 4.78 is 13.3. The zero-order chi connectivity index (χ0) is 12.2. The monoisotopic (exact) mass is 242 g/mol. The molecule has 0 heterocycles. The molecule has 3 N–H and O–H groups in total. The van der Waals surface area contributed by atoms with Gasteiger partial charge in [0.25, 0.3) is 0 Å². The molecule has 0 aliphatic heterocycles. The van der Waals surface area contributed by atoms with Gasteiger partial charge < -0.3 is 0 Å². The molecule has 0 spiro atoms. The van der Waals surface area contributed by atoms with E-state index in [0.717, 1.165) is 0 Å². The maximum atomic E-state index is 13.3. The van der Waals surface area contributed by atoms with Gasteiger partial charge in [-0.3, -0.25) is 10.2 Å². The molecule has 0 saturated heterocycles. The molecule has 0 fully saturated rings. The predicted octanol–water partition coefficient (Wildman–Crippen LogP) is 1.93. The van der Waals surface area contributed by atoms with E-state index in [1.807, 2.05) is 0 Å². The summed E-state index contributed by atoms with van der Waals surface area (Å²) in [6, 6.07) is 6.49. The first-order valence-electron chi connectivity index (χ1n) is 4.86. The van der Waals surface area contributed by atoms with Gasteiger partial charge >= 0.3 is 0 Å². The van der Waals surface area contributed by atoms with E-state index in [1.165, 1.54) is 17.8 Å². The Hall–Kier alpha value is -1.07. The molecule has 0 unspecified atom stereocenters. The molecule has 1 rings (SSSR count). The van der Waals surface area contributed by atoms with Crippen LogP contribution in [-0.2, 0) is 4.79 Å². The molecule has 0 bridgehead atoms. The van der Waals surface area contributed by atoms with Crippen LogP contribution < -0.4 is 11.3 Å². The van der Waals surface area contributed by atoms with Gasteiger partial charge in [0, 0.05) is 10.6 Å². The Kier molecular flexibility index (Phi) is 4.32. The molecule has 1 aromatic rings. The lowest BCUT2D eigenvalue weighted by atomic mass is 9.96. The van der Waals surface area contributed by atoms with Gasteiger partial charge in [0.05, 0.1) is 5.41 Å². The van der Waals surface area contributed by atoms with Crippen molar-refractivity contribution in [2.24, 2.45) is 11.3 Å². The van der Waals surface area contributed by atoms with Crippen LogP contribution in [0.15, 0.2) is 29.2 Å². The summed E-state index contributed by atoms with van der Waals surface area (Å²) in [6.45, 7) is 3.53. The minimum atomic E-state index is -0.623. The van der Waals surface area contributed by atoms with E-state index in [1.54, 1.807) is 32.0 Å². The van der Waals surface area contributed by atoms with E-state index in [2.05, 4.69) is 5.43 Å². The highest BCUT2D eigenvalue weighted by molar-refractivity contribution is 7.99. The number of rotatable bonds is 4. The van der Waals surface area contributed by atoms with Crippen molar-refractivity contribution in [3.05, 3.63) is 30.1 Å². The van der Waals surface area contributed by atoms with Gasteiger partial charge in [0.15, 0.2) is 0 Å². The van der Waals surface area contributed by atoms with Gasteiger partial charge in [-0.05, 0) is 12.1 Å². The fraction of sp³-hybridized carbons (Fsp3) is 0.364. The van der Waals surface area contributed by atoms with Gasteiger partial charge in [-0.15, -0.1) is 11.8 Å². The van der Waals surface area contributed by atoms with Crippen LogP contribution in [0.2, 0.25) is 0 Å². The predicted molar refractivity (Wildman–Crippen MR) is 63.2 cm³/mol. The second-order valence-corrected chi connectivity index (χ2v) is 5.09. The van der Waals surface area contributed by atoms with E-state index < -0.39 is 5.41 Å². The Balaban J connectivity index is 2.65. The Morgan fingerprint density at radius 2 is 2.12 bits per heavy atom. The van der Waals surface area contributed by atoms with E-state index in [0.29, 0.717) is 10.6 Å². The number of halogens is 1. The van der Waals surface area contributed by atoms with Gasteiger partial charge in [0.2, 0.25) is 5.91 Å². The molecule has 16 heavy (non-hydrogen) atoms. The van der Waals surface area contributed by atoms with Crippen molar-refractivity contribution >= 4 is 17.7 Å². The lowest BCUT2D eigenvalue weighted by molar-refractivity contribution is -0.128. The lowest BCUT2D eigenvalue weighted by Gasteiger charge is -2.21. The summed E-state index contributed by atoms with van der Waals surface area (Å²) in [5.74, 6) is 5.02. The van der Waals surface area contributed by atoms with Crippen LogP contribution in [0.5, 0.6) is 0 Å². The third-order valence-corrected chi connectivity index (χ3v) is 3.68. The molecule has 0 aliphatic rings. The summed E-state index contributed by atoms with van der Waals surface area (Å²) in [5, 5.41) is 0. The highest BCUT2D eigenvalue weighted by atomic mass is 32.2. The number of hydrogen-bond acceptors (Lipinski definition) is 3. The van der Waals surface area contributed by atoms with E-state index >= 15 is 0 Å². The van der Waals surface area contributed by atoms with Crippen molar-refractivity contribution in [1.82, 2.24) is 5.43 Å². The normalized spacial score (nSPS) is 11.2. The highest BCUT2D eigenvalue weighted by Crippen LogP contribution is 2.29. The number of amides is 1. The zero-order valence-corrected chi connectivity index (χ0v) is 10.1. The Morgan fingerprint density at radius 3 is 2.69 bits per heavy atom. The Morgan fingerprint density at radius 1 is 1.50 bits per heavy atom. The van der Waals surface area contributed by atoms with Crippen molar-refractivity contribution in [3.8, 4) is 0 Å². The zero-order valence-electron chi connectivity index (χ0n) is 9.29. The fourth-order valence-electron chi connectivity index (χ4n) is 1.08. The number of hydrogen-bond donors (Lipinski definition) is 2. The summed E-state index contributed by atoms with van der Waals surface area (Å²) in [5.41, 5.74) is 1.49. The molecular formula is C11H15FN2OS. The second-order valence-electron chi connectivity index (χ2n) is 4.08. The smallest absolute Gasteiger partial charge is 0.240 e. The number of nitrogens with two attached hydrogens (primary N) is 1. The van der Waals surface area contributed by atoms with Crippen LogP contribution in [0, 0.1) is 11.2 Å². The first kappa shape index (κ1) is 13.0. The minimum Gasteiger partial charge on any atom is -0.294 e. The van der Waals surface area contributed by atoms with E-state index in [-0.39, 0.29) is 11.7 Å². The molecule has 0 radical (unpaired) electrons. The van der Waals surface area contributed by atoms with Crippen molar-refractivity contribution < 1.29 is 9.18 Å². The average molecular weight is 242 g/mol. The molecule has 5 heteroatoms. The maximum Gasteiger partial charge on any atom is 0.240 e. The van der Waals surface area contributed by atoms with Crippen LogP contribution in [-0.4, -0.2) is 11.7 Å². The molecule has 0 aliphatic carbocycles. The average Bonchev–Trinajstić information content (AvgIpc) is 2.27. The number of carbonyl (C=O) groups is 1. The fourth-order valence-corrected chi connectivity index (χ4v) is 2.11. The highest BCUT2D eigenvalue weighted by Gasteiger charge is 2.27. The summed E-state index contributed by atoms with van der Waals surface area (Å²) in [7, 11) is 0. The van der Waals surface area contributed by atoms with E-state index in [9.17, 15) is 9.18 Å². The van der Waals surface area contributed by atoms with Crippen molar-refractivity contribution in [2.45, 2.75) is 18.7 Å². The van der Waals surface area contributed by atoms with E-state index in [4.69, 9.17) is 5.84 Å². The van der Waals surface area contributed by atoms with Crippen LogP contribution in [0.3, 0.4) is 0 Å². The van der Waals surface area contributed by atoms with Crippen molar-refractivity contribution in [1.29, 1.82) is 0 Å². The number of benzene rings is 1. The number of hydrazine groups is 1. The molecule has 0 atom stereocenters. The molecule has 0 aromatic heterocycles. The van der Waals surface area contributed by atoms with Gasteiger partial charge in [-0.1, -0.05) is 26.0 Å². The molecular weight excluding hydrogens is 227 g/mol. The van der Waals surface area contributed by atoms with Gasteiger partial charge in [-0.2, -0.15) is 0 Å². The van der Waals surface area contributed by atoms with Crippen molar-refractivity contribution in [2.75, 3.05) is 5.75 Å². The lowest BCUT2D eigenvalue weighted by Crippen LogP contribution is -2.42. The molecule has 0 saturated carbocycles. The minimum absolute atomic E-state index is 0.253. The number of thioether (sulfide) groups is 1. The number of nitrogens with one attached hydrogen (secondary N) is 1. The van der Waals surface area contributed by atoms with Crippen molar-refractivity contribution in [3.63, 3.8) is 0 Å². The summed E-state index contributed by atoms with van der Waals surface area (Å²) in [6.07, 6.45) is 0. The first-order valence-corrected chi connectivity index (χ1v) is 5.84. The second kappa shape index (κ2) is 5.32. The summed E-state index contributed by atoms with van der Waals surface area (Å²) >= 11 is 1.31. The third-order valence-electron chi connectivity index (χ3n) is 2.17.